The molecule has 0 aromatic heterocycles. The first-order chi connectivity index (χ1) is 9.65. The summed E-state index contributed by atoms with van der Waals surface area (Å²) in [5.74, 6) is 1.29. The van der Waals surface area contributed by atoms with Crippen molar-refractivity contribution in [1.29, 1.82) is 0 Å². The van der Waals surface area contributed by atoms with Crippen LogP contribution in [0.1, 0.15) is 13.8 Å². The Bertz CT molecular complexity index is 629. The zero-order valence-corrected chi connectivity index (χ0v) is 14.5. The normalized spacial score (nSPS) is 28.8. The van der Waals surface area contributed by atoms with E-state index in [-0.39, 0.29) is 0 Å². The second kappa shape index (κ2) is 3.73. The van der Waals surface area contributed by atoms with Crippen LogP contribution in [0.5, 0.6) is 0 Å². The van der Waals surface area contributed by atoms with Gasteiger partial charge in [0.15, 0.2) is 0 Å². The predicted octanol–water partition coefficient (Wildman–Crippen LogP) is 1.16. The molecule has 2 aliphatic heterocycles. The monoisotopic (exact) mass is 307 g/mol. The third kappa shape index (κ3) is 1.34. The van der Waals surface area contributed by atoms with E-state index < -0.39 is 8.16 Å². The Morgan fingerprint density at radius 2 is 1.24 bits per heavy atom. The molecule has 0 atom stereocenters. The van der Waals surface area contributed by atoms with Gasteiger partial charge in [0.05, 0.1) is 0 Å². The van der Waals surface area contributed by atoms with E-state index >= 15 is 0 Å². The molecular weight excluding hydrogens is 284 g/mol. The zero-order valence-electron chi connectivity index (χ0n) is 13.5. The molecule has 0 radical (unpaired) electrons. The molecule has 0 amide bonds. The van der Waals surface area contributed by atoms with E-state index in [4.69, 9.17) is 19.1 Å². The van der Waals surface area contributed by atoms with Gasteiger partial charge in [-0.15, -0.1) is 0 Å². The maximum atomic E-state index is 6.49. The van der Waals surface area contributed by atoms with E-state index in [9.17, 15) is 0 Å². The van der Waals surface area contributed by atoms with E-state index in [1.165, 1.54) is 0 Å². The Hall–Kier alpha value is -1.70. The first kappa shape index (κ1) is 14.2. The fourth-order valence-corrected chi connectivity index (χ4v) is 10.2. The van der Waals surface area contributed by atoms with Crippen molar-refractivity contribution in [3.8, 4) is 0 Å². The van der Waals surface area contributed by atoms with Crippen LogP contribution in [0.15, 0.2) is 40.5 Å². The average molecular weight is 307 g/mol. The van der Waals surface area contributed by atoms with E-state index in [2.05, 4.69) is 12.1 Å². The fourth-order valence-electron chi connectivity index (χ4n) is 3.99. The van der Waals surface area contributed by atoms with Gasteiger partial charge in [0.25, 0.3) is 0 Å². The molecule has 0 saturated carbocycles. The van der Waals surface area contributed by atoms with Crippen LogP contribution >= 0.6 is 0 Å². The van der Waals surface area contributed by atoms with Gasteiger partial charge in [-0.25, -0.2) is 0 Å². The number of hydrogen-bond donors (Lipinski definition) is 0. The molecule has 1 aromatic rings. The molecule has 114 valence electrons. The summed E-state index contributed by atoms with van der Waals surface area (Å²) in [6.07, 6.45) is 0. The summed E-state index contributed by atoms with van der Waals surface area (Å²) < 4.78 is 13.6. The second-order valence-electron chi connectivity index (χ2n) is 6.57. The molecule has 2 heterocycles. The Morgan fingerprint density at radius 3 is 1.57 bits per heavy atom. The molecule has 7 heteroatoms. The van der Waals surface area contributed by atoms with E-state index in [1.54, 1.807) is 0 Å². The fraction of sp³-hybridized carbons (Fsp3) is 0.429. The van der Waals surface area contributed by atoms with Gasteiger partial charge in [-0.2, -0.15) is 0 Å². The van der Waals surface area contributed by atoms with Crippen LogP contribution in [-0.4, -0.2) is 56.7 Å². The Balaban J connectivity index is 2.40. The molecule has 0 aliphatic carbocycles. The van der Waals surface area contributed by atoms with E-state index in [1.807, 2.05) is 60.2 Å². The zero-order chi connectivity index (χ0) is 15.5. The summed E-state index contributed by atoms with van der Waals surface area (Å²) in [6.45, 7) is 3.76. The Morgan fingerprint density at radius 1 is 0.810 bits per heavy atom. The molecule has 6 nitrogen and oxygen atoms in total. The predicted molar refractivity (Wildman–Crippen MR) is 84.4 cm³/mol. The van der Waals surface area contributed by atoms with Crippen LogP contribution < -0.4 is 5.19 Å². The first-order valence-electron chi connectivity index (χ1n) is 7.06. The summed E-state index contributed by atoms with van der Waals surface area (Å²) in [6, 6.07) is 10.1. The molecule has 0 fully saturated rings. The molecule has 2 aliphatic rings. The SMILES string of the molecule is CC1=N[N+](C)(C)[Si-]2(c3ccccc3)(O1)OC(C)=N[N+]2(C)C. The molecule has 0 unspecified atom stereocenters. The maximum absolute atomic E-state index is 6.49. The van der Waals surface area contributed by atoms with Crippen molar-refractivity contribution in [2.75, 3.05) is 28.2 Å². The van der Waals surface area contributed by atoms with Gasteiger partial charge in [-0.1, -0.05) is 0 Å². The average Bonchev–Trinajstić information content (AvgIpc) is 2.70. The van der Waals surface area contributed by atoms with Gasteiger partial charge >= 0.3 is 125 Å². The Labute approximate surface area is 125 Å². The third-order valence-electron chi connectivity index (χ3n) is 4.64. The quantitative estimate of drug-likeness (QED) is 0.731. The number of quaternary nitrogens is 2. The minimum atomic E-state index is -3.84. The molecule has 0 bridgehead atoms. The number of hydrogen-bond acceptors (Lipinski definition) is 4. The number of benzene rings is 1. The second-order valence-corrected chi connectivity index (χ2v) is 11.7. The molecule has 0 N–H and O–H groups in total. The number of nitrogens with zero attached hydrogens (tertiary/aromatic N) is 4. The van der Waals surface area contributed by atoms with Gasteiger partial charge in [-0.3, -0.25) is 0 Å². The van der Waals surface area contributed by atoms with Crippen LogP contribution in [0.25, 0.3) is 0 Å². The van der Waals surface area contributed by atoms with Gasteiger partial charge in [0, 0.05) is 0 Å². The topological polar surface area (TPSA) is 43.2 Å². The van der Waals surface area contributed by atoms with Crippen LogP contribution in [0.2, 0.25) is 0 Å². The van der Waals surface area contributed by atoms with Crippen molar-refractivity contribution in [1.82, 2.24) is 0 Å². The summed E-state index contributed by atoms with van der Waals surface area (Å²) >= 11 is 0. The van der Waals surface area contributed by atoms with Crippen LogP contribution in [0.4, 0.5) is 0 Å². The van der Waals surface area contributed by atoms with Crippen molar-refractivity contribution in [3.05, 3.63) is 30.3 Å². The first-order valence-corrected chi connectivity index (χ1v) is 9.27. The van der Waals surface area contributed by atoms with Gasteiger partial charge < -0.3 is 0 Å². The van der Waals surface area contributed by atoms with Crippen molar-refractivity contribution in [3.63, 3.8) is 0 Å². The summed E-state index contributed by atoms with van der Waals surface area (Å²) in [5.41, 5.74) is 0. The molecule has 0 saturated heterocycles. The summed E-state index contributed by atoms with van der Waals surface area (Å²) in [4.78, 5) is 0. The summed E-state index contributed by atoms with van der Waals surface area (Å²) in [7, 11) is 4.29. The Kier molecular flexibility index (Phi) is 2.53. The molecular formula is C14H23N4O2Si+. The summed E-state index contributed by atoms with van der Waals surface area (Å²) in [5, 5.41) is 10.5. The minimum absolute atomic E-state index is 0.295. The van der Waals surface area contributed by atoms with Crippen molar-refractivity contribution in [2.24, 2.45) is 10.2 Å². The molecule has 1 spiro atoms. The van der Waals surface area contributed by atoms with Gasteiger partial charge in [0.2, 0.25) is 0 Å². The molecule has 1 aromatic carbocycles. The number of rotatable bonds is 1. The molecule has 3 rings (SSSR count). The van der Waals surface area contributed by atoms with Gasteiger partial charge in [-0.05, 0) is 0 Å². The third-order valence-corrected chi connectivity index (χ3v) is 11.4. The van der Waals surface area contributed by atoms with Crippen LogP contribution in [0, 0.1) is 0 Å². The molecule has 21 heavy (non-hydrogen) atoms. The van der Waals surface area contributed by atoms with Crippen molar-refractivity contribution in [2.45, 2.75) is 13.8 Å². The van der Waals surface area contributed by atoms with Crippen molar-refractivity contribution < 1.29 is 17.4 Å². The van der Waals surface area contributed by atoms with Gasteiger partial charge in [0.1, 0.15) is 0 Å². The van der Waals surface area contributed by atoms with Crippen LogP contribution in [-0.2, 0) is 8.85 Å². The van der Waals surface area contributed by atoms with Crippen molar-refractivity contribution >= 4 is 25.1 Å². The van der Waals surface area contributed by atoms with E-state index in [0.29, 0.717) is 20.3 Å². The standard InChI is InChI=1S/C14H23N4O2Si/c1-12-15-17(3,4)21(19-12,14-10-8-7-9-11-14)18(5,6)16-13(2)20-21/h7-11H,1-6H3/q+1. The van der Waals surface area contributed by atoms with Crippen LogP contribution in [0.3, 0.4) is 0 Å². The van der Waals surface area contributed by atoms with E-state index in [0.717, 1.165) is 5.19 Å².